The normalized spacial score (nSPS) is 14.7. The number of hydrogen-bond acceptors (Lipinski definition) is 0. The van der Waals surface area contributed by atoms with E-state index in [-0.39, 0.29) is 48.0 Å². The number of rotatable bonds is 4. The molecule has 0 bridgehead atoms. The molecule has 5 aromatic rings. The predicted octanol–water partition coefficient (Wildman–Crippen LogP) is -0.746. The van der Waals surface area contributed by atoms with Crippen molar-refractivity contribution in [1.82, 2.24) is 0 Å². The van der Waals surface area contributed by atoms with E-state index in [9.17, 15) is 0 Å². The van der Waals surface area contributed by atoms with Gasteiger partial charge in [0.2, 0.25) is 0 Å². The molecule has 0 amide bonds. The van der Waals surface area contributed by atoms with E-state index < -0.39 is 14.5 Å². The predicted molar refractivity (Wildman–Crippen MR) is 149 cm³/mol. The highest BCUT2D eigenvalue weighted by Gasteiger charge is 2.68. The molecule has 0 saturated carbocycles. The molecule has 0 fully saturated rings. The summed E-state index contributed by atoms with van der Waals surface area (Å²) in [6.45, 7) is 0. The molecule has 1 aliphatic heterocycles. The fraction of sp³-hybridized carbons (Fsp3) is 0.0323. The summed E-state index contributed by atoms with van der Waals surface area (Å²) in [6.07, 6.45) is 0. The topological polar surface area (TPSA) is 0 Å². The van der Waals surface area contributed by atoms with Gasteiger partial charge < -0.3 is 48.0 Å². The number of hydrogen-bond donors (Lipinski definition) is 0. The molecule has 0 atom stereocenters. The van der Waals surface area contributed by atoms with E-state index in [4.69, 9.17) is 0 Å². The highest BCUT2D eigenvalue weighted by Crippen LogP contribution is 2.75. The van der Waals surface area contributed by atoms with Crippen molar-refractivity contribution in [2.24, 2.45) is 0 Å². The standard InChI is InChI=1S/C31H26P2.2HI/c1-5-15-26(16-6-1)32(27-17-7-2-8-18-27)25-33(28-19-9-3-10-20-28,29-21-11-4-12-22-29)31-24-14-13-23-30(31)32;;/h1-24H,25H2;2*1H/q+2;;/p-2. The Balaban J connectivity index is 0.00000144. The summed E-state index contributed by atoms with van der Waals surface area (Å²) >= 11 is 0. The van der Waals surface area contributed by atoms with Gasteiger partial charge in [0, 0.05) is 0 Å². The van der Waals surface area contributed by atoms with Crippen LogP contribution >= 0.6 is 14.5 Å². The maximum Gasteiger partial charge on any atom is 0.188 e. The molecule has 174 valence electrons. The first-order valence-electron chi connectivity index (χ1n) is 11.4. The average molecular weight is 714 g/mol. The molecule has 0 radical (unpaired) electrons. The van der Waals surface area contributed by atoms with Crippen molar-refractivity contribution in [1.29, 1.82) is 0 Å². The number of halogens is 2. The lowest BCUT2D eigenvalue weighted by Gasteiger charge is -2.25. The van der Waals surface area contributed by atoms with Gasteiger partial charge in [-0.1, -0.05) is 84.9 Å². The Kier molecular flexibility index (Phi) is 8.49. The highest BCUT2D eigenvalue weighted by molar-refractivity contribution is 8.14. The molecule has 0 aliphatic carbocycles. The van der Waals surface area contributed by atoms with Crippen LogP contribution in [0.2, 0.25) is 0 Å². The zero-order valence-corrected chi connectivity index (χ0v) is 25.3. The van der Waals surface area contributed by atoms with Crippen molar-refractivity contribution >= 4 is 46.4 Å². The fourth-order valence-corrected chi connectivity index (χ4v) is 18.9. The van der Waals surface area contributed by atoms with Crippen molar-refractivity contribution in [3.63, 3.8) is 0 Å². The van der Waals surface area contributed by atoms with Gasteiger partial charge in [-0.2, -0.15) is 0 Å². The summed E-state index contributed by atoms with van der Waals surface area (Å²) in [7, 11) is -3.69. The highest BCUT2D eigenvalue weighted by atomic mass is 127. The number of benzene rings is 5. The molecule has 0 N–H and O–H groups in total. The molecule has 4 heteroatoms. The zero-order valence-electron chi connectivity index (χ0n) is 19.2. The third-order valence-electron chi connectivity index (χ3n) is 6.92. The van der Waals surface area contributed by atoms with E-state index in [1.54, 1.807) is 10.6 Å². The Morgan fingerprint density at radius 1 is 0.314 bits per heavy atom. The smallest absolute Gasteiger partial charge is 0.188 e. The first kappa shape index (κ1) is 26.5. The minimum Gasteiger partial charge on any atom is -1.00 e. The summed E-state index contributed by atoms with van der Waals surface area (Å²) in [5.74, 6) is 1.17. The van der Waals surface area contributed by atoms with E-state index in [1.807, 2.05) is 0 Å². The van der Waals surface area contributed by atoms with Gasteiger partial charge >= 0.3 is 0 Å². The van der Waals surface area contributed by atoms with Gasteiger partial charge in [0.1, 0.15) is 21.2 Å². The van der Waals surface area contributed by atoms with Crippen molar-refractivity contribution < 1.29 is 48.0 Å². The molecule has 0 unspecified atom stereocenters. The lowest BCUT2D eigenvalue weighted by molar-refractivity contribution is -0.00100. The third kappa shape index (κ3) is 4.31. The van der Waals surface area contributed by atoms with E-state index in [0.717, 1.165) is 0 Å². The molecule has 5 aromatic carbocycles. The maximum atomic E-state index is 2.43. The quantitative estimate of drug-likeness (QED) is 0.170. The third-order valence-corrected chi connectivity index (χ3v) is 17.6. The Hall–Kier alpha value is -1.58. The molecule has 1 heterocycles. The molecule has 6 rings (SSSR count). The molecule has 0 saturated heterocycles. The van der Waals surface area contributed by atoms with Crippen LogP contribution in [0, 0.1) is 0 Å². The SMILES string of the molecule is [I-].[I-].c1ccc([P+]2(c3ccccc3)C[P+](c3ccccc3)(c3ccccc3)c3ccccc32)cc1. The van der Waals surface area contributed by atoms with E-state index in [2.05, 4.69) is 146 Å². The minimum atomic E-state index is -1.84. The van der Waals surface area contributed by atoms with Crippen LogP contribution in [0.3, 0.4) is 0 Å². The van der Waals surface area contributed by atoms with Crippen molar-refractivity contribution in [2.75, 3.05) is 5.90 Å². The Labute approximate surface area is 243 Å². The average Bonchev–Trinajstić information content (AvgIpc) is 3.24. The zero-order chi connectivity index (χ0) is 22.1. The molecule has 35 heavy (non-hydrogen) atoms. The summed E-state index contributed by atoms with van der Waals surface area (Å²) in [6, 6.07) is 54.6. The lowest BCUT2D eigenvalue weighted by Crippen LogP contribution is -3.00. The first-order chi connectivity index (χ1) is 16.4. The van der Waals surface area contributed by atoms with Crippen LogP contribution in [-0.2, 0) is 0 Å². The molecule has 1 aliphatic rings. The van der Waals surface area contributed by atoms with Crippen LogP contribution in [-0.4, -0.2) is 5.90 Å². The maximum absolute atomic E-state index is 2.43. The minimum absolute atomic E-state index is 0. The monoisotopic (exact) mass is 714 g/mol. The van der Waals surface area contributed by atoms with E-state index >= 15 is 0 Å². The molecular formula is C31H26I2P2. The van der Waals surface area contributed by atoms with Gasteiger partial charge in [0.05, 0.1) is 0 Å². The lowest BCUT2D eigenvalue weighted by atomic mass is 10.3. The van der Waals surface area contributed by atoms with E-state index in [0.29, 0.717) is 0 Å². The van der Waals surface area contributed by atoms with Crippen LogP contribution in [0.5, 0.6) is 0 Å². The summed E-state index contributed by atoms with van der Waals surface area (Å²) in [5, 5.41) is 9.05. The van der Waals surface area contributed by atoms with Crippen molar-refractivity contribution in [2.45, 2.75) is 0 Å². The van der Waals surface area contributed by atoms with Gasteiger partial charge in [-0.15, -0.1) is 0 Å². The largest absolute Gasteiger partial charge is 1.00 e. The van der Waals surface area contributed by atoms with Crippen LogP contribution < -0.4 is 79.8 Å². The number of fused-ring (bicyclic) bond motifs is 1. The van der Waals surface area contributed by atoms with Crippen LogP contribution in [0.1, 0.15) is 0 Å². The van der Waals surface area contributed by atoms with Crippen LogP contribution in [0.25, 0.3) is 0 Å². The van der Waals surface area contributed by atoms with Crippen molar-refractivity contribution in [3.05, 3.63) is 146 Å². The second-order valence-corrected chi connectivity index (χ2v) is 16.0. The van der Waals surface area contributed by atoms with Gasteiger partial charge in [-0.3, -0.25) is 0 Å². The fourth-order valence-electron chi connectivity index (χ4n) is 5.49. The van der Waals surface area contributed by atoms with E-state index in [1.165, 1.54) is 27.1 Å². The first-order valence-corrected chi connectivity index (χ1v) is 15.4. The second-order valence-electron chi connectivity index (χ2n) is 8.59. The summed E-state index contributed by atoms with van der Waals surface area (Å²) in [5.41, 5.74) is 0. The molecular weight excluding hydrogens is 688 g/mol. The van der Waals surface area contributed by atoms with Crippen LogP contribution in [0.4, 0.5) is 0 Å². The Morgan fingerprint density at radius 3 is 0.800 bits per heavy atom. The van der Waals surface area contributed by atoms with Gasteiger partial charge in [-0.05, 0) is 60.7 Å². The second kappa shape index (κ2) is 11.2. The molecule has 0 aromatic heterocycles. The molecule has 0 spiro atoms. The Morgan fingerprint density at radius 2 is 0.543 bits per heavy atom. The van der Waals surface area contributed by atoms with Crippen LogP contribution in [0.15, 0.2) is 146 Å². The summed E-state index contributed by atoms with van der Waals surface area (Å²) in [4.78, 5) is 0. The molecule has 0 nitrogen and oxygen atoms in total. The van der Waals surface area contributed by atoms with Gasteiger partial charge in [-0.25, -0.2) is 0 Å². The van der Waals surface area contributed by atoms with Crippen molar-refractivity contribution in [3.8, 4) is 0 Å². The Bertz CT molecular complexity index is 1190. The van der Waals surface area contributed by atoms with Gasteiger partial charge in [0.15, 0.2) is 31.0 Å². The summed E-state index contributed by atoms with van der Waals surface area (Å²) < 4.78 is 0. The van der Waals surface area contributed by atoms with Gasteiger partial charge in [0.25, 0.3) is 0 Å².